The van der Waals surface area contributed by atoms with E-state index in [0.717, 1.165) is 18.4 Å². The Morgan fingerprint density at radius 1 is 0.625 bits per heavy atom. The van der Waals surface area contributed by atoms with Gasteiger partial charge >= 0.3 is 12.1 Å². The van der Waals surface area contributed by atoms with Crippen LogP contribution >= 0.6 is 23.2 Å². The van der Waals surface area contributed by atoms with E-state index in [9.17, 15) is 52.7 Å². The second kappa shape index (κ2) is 27.4. The standard InChI is InChI=1S/C41H32ClFN8O6.C41H38ClFN6O5Si/c42-33-22(10-11-24-28(33)19-45-35(24)52)23-6-3-7-29(34(23)43)46-36(53)30-12-15-47-16-17-48(40(57)51(30)47)32-20-49(39(44)56)31-18-21(8-9-27(31)32)41(13-14-41)50-37(54)25-4-1-2-5-26(25)38(50)55;1-23(50)30-19-48(32-11-8-24(16-28(30)32)41(12-13-41)17-34(51)38-44-14-5-15-45-38)20-35(52)49-22-55(2,3)21-33(49)40(54)47-31-7-4-6-26(37(31)43)25-9-10-27-29(36(25)42)18-46-39(27)53/h1-11,18,20,30H,12-17,19H2,(H2,44,56)(H,45,52)(H,46,53);4-11,14-16,19,33H,12-13,17-18,20-22H2,1-3H3,(H,46,53)(H,47,54)/t30-;33-/m00/s1. The molecule has 112 heavy (non-hydrogen) atoms. The minimum absolute atomic E-state index is 0.0447. The number of amides is 10. The minimum atomic E-state index is -2.05. The number of imide groups is 1. The predicted octanol–water partition coefficient (Wildman–Crippen LogP) is 12.2. The van der Waals surface area contributed by atoms with E-state index in [-0.39, 0.29) is 124 Å². The summed E-state index contributed by atoms with van der Waals surface area (Å²) in [4.78, 5) is 159. The highest BCUT2D eigenvalue weighted by Gasteiger charge is 2.58. The Hall–Kier alpha value is -12.1. The zero-order valence-corrected chi connectivity index (χ0v) is 63.1. The molecule has 7 aromatic carbocycles. The highest BCUT2D eigenvalue weighted by atomic mass is 35.5. The number of fused-ring (bicyclic) bond motifs is 6. The number of Topliss-reactive ketones (excluding diaryl/α,β-unsaturated/α-hetero) is 2. The molecular formula is C82H70Cl2F2N14O11Si. The molecule has 6 N–H and O–H groups in total. The fourth-order valence-electron chi connectivity index (χ4n) is 17.0. The van der Waals surface area contributed by atoms with Crippen molar-refractivity contribution < 1.29 is 61.5 Å². The van der Waals surface area contributed by atoms with Crippen molar-refractivity contribution in [2.45, 2.75) is 107 Å². The van der Waals surface area contributed by atoms with Crippen LogP contribution in [0.4, 0.5) is 35.4 Å². The first-order valence-corrected chi connectivity index (χ1v) is 40.8. The topological polar surface area (TPSA) is 314 Å². The number of benzene rings is 7. The molecule has 10 amide bonds. The van der Waals surface area contributed by atoms with E-state index in [4.69, 9.17) is 28.9 Å². The van der Waals surface area contributed by atoms with E-state index in [0.29, 0.717) is 121 Å². The third-order valence-corrected chi connectivity index (χ3v) is 26.5. The second-order valence-electron chi connectivity index (χ2n) is 30.4. The first kappa shape index (κ1) is 72.7. The van der Waals surface area contributed by atoms with Crippen molar-refractivity contribution in [3.63, 3.8) is 0 Å². The van der Waals surface area contributed by atoms with Crippen LogP contribution in [0.3, 0.4) is 0 Å². The van der Waals surface area contributed by atoms with Crippen LogP contribution in [0.15, 0.2) is 152 Å². The fourth-order valence-corrected chi connectivity index (χ4v) is 20.5. The van der Waals surface area contributed by atoms with Crippen LogP contribution in [0.25, 0.3) is 44.1 Å². The number of carbonyl (C=O) groups excluding carboxylic acids is 11. The van der Waals surface area contributed by atoms with Gasteiger partial charge in [-0.3, -0.25) is 57.5 Å². The molecule has 6 aliphatic heterocycles. The molecule has 5 fully saturated rings. The number of primary amides is 1. The lowest BCUT2D eigenvalue weighted by atomic mass is 9.89. The van der Waals surface area contributed by atoms with Gasteiger partial charge in [-0.05, 0) is 117 Å². The number of ketones is 2. The normalized spacial score (nSPS) is 18.7. The van der Waals surface area contributed by atoms with Gasteiger partial charge < -0.3 is 36.5 Å². The van der Waals surface area contributed by atoms with E-state index in [1.54, 1.807) is 124 Å². The maximum Gasteiger partial charge on any atom is 0.339 e. The Morgan fingerprint density at radius 2 is 1.21 bits per heavy atom. The lowest BCUT2D eigenvalue weighted by Gasteiger charge is -2.41. The highest BCUT2D eigenvalue weighted by molar-refractivity contribution is 6.79. The average Bonchev–Trinajstić information content (AvgIpc) is 1.54. The number of aromatic nitrogens is 4. The van der Waals surface area contributed by atoms with Crippen molar-refractivity contribution in [3.8, 4) is 22.3 Å². The number of hydrogen-bond donors (Lipinski definition) is 5. The molecule has 0 radical (unpaired) electrons. The molecule has 2 atom stereocenters. The number of hydrazine groups is 1. The van der Waals surface area contributed by atoms with Crippen molar-refractivity contribution in [1.82, 2.24) is 49.6 Å². The molecule has 0 unspecified atom stereocenters. The maximum atomic E-state index is 16.1. The lowest BCUT2D eigenvalue weighted by Crippen LogP contribution is -2.60. The number of anilines is 3. The summed E-state index contributed by atoms with van der Waals surface area (Å²) in [7, 11) is -2.05. The Morgan fingerprint density at radius 3 is 1.79 bits per heavy atom. The van der Waals surface area contributed by atoms with E-state index < -0.39 is 61.2 Å². The maximum absolute atomic E-state index is 16.1. The van der Waals surface area contributed by atoms with E-state index in [2.05, 4.69) is 44.3 Å². The van der Waals surface area contributed by atoms with E-state index in [1.165, 1.54) is 50.7 Å². The molecule has 9 heterocycles. The van der Waals surface area contributed by atoms with Gasteiger partial charge in [-0.15, -0.1) is 0 Å². The Balaban J connectivity index is 0.000000163. The Labute approximate surface area is 649 Å². The molecule has 0 spiro atoms. The lowest BCUT2D eigenvalue weighted by molar-refractivity contribution is -0.136. The zero-order chi connectivity index (χ0) is 78.3. The van der Waals surface area contributed by atoms with Gasteiger partial charge in [0.05, 0.1) is 57.4 Å². The van der Waals surface area contributed by atoms with Gasteiger partial charge in [-0.2, -0.15) is 0 Å². The number of urea groups is 1. The summed E-state index contributed by atoms with van der Waals surface area (Å²) in [6, 6.07) is 32.4. The average molecular weight is 1560 g/mol. The molecule has 3 aromatic heterocycles. The minimum Gasteiger partial charge on any atom is -0.351 e. The summed E-state index contributed by atoms with van der Waals surface area (Å²) >= 11 is 13.3. The van der Waals surface area contributed by atoms with Gasteiger partial charge in [0.25, 0.3) is 23.6 Å². The summed E-state index contributed by atoms with van der Waals surface area (Å²) in [6.45, 7) is 7.08. The SMILES string of the molecule is CC(=O)c1cn(CC(=O)N2C[Si](C)(C)C[C@H]2C(=O)Nc2cccc(-c3ccc4c(c3Cl)CNC4=O)c2F)c2ccc(C3(CC(=O)c4ncccn4)CC3)cc12.NC(=O)n1cc(N2CCN3CC[C@@H](C(=O)Nc4cccc(-c5ccc6c(c5Cl)CNC6=O)c4F)N3C2=O)c2ccc(C3(N4C(=O)c5ccccc5C4=O)CC3)cc21. The first-order valence-electron chi connectivity index (χ1n) is 36.7. The predicted molar refractivity (Wildman–Crippen MR) is 414 cm³/mol. The summed E-state index contributed by atoms with van der Waals surface area (Å²) < 4.78 is 35.2. The molecule has 18 rings (SSSR count). The molecule has 2 saturated carbocycles. The largest absolute Gasteiger partial charge is 0.351 e. The van der Waals surface area contributed by atoms with Crippen LogP contribution in [0.1, 0.15) is 130 Å². The number of nitrogens with one attached hydrogen (secondary N) is 4. The summed E-state index contributed by atoms with van der Waals surface area (Å²) in [5.41, 5.74) is 11.8. The number of halogens is 4. The summed E-state index contributed by atoms with van der Waals surface area (Å²) in [6.07, 6.45) is 9.96. The Kier molecular flexibility index (Phi) is 17.8. The molecular weight excluding hydrogens is 1490 g/mol. The van der Waals surface area contributed by atoms with E-state index in [1.807, 2.05) is 18.2 Å². The summed E-state index contributed by atoms with van der Waals surface area (Å²) in [5.74, 6) is -4.13. The molecule has 25 nitrogen and oxygen atoms in total. The van der Waals surface area contributed by atoms with Gasteiger partial charge in [0.1, 0.15) is 18.6 Å². The Bertz CT molecular complexity index is 5830. The van der Waals surface area contributed by atoms with Crippen LogP contribution in [-0.2, 0) is 45.0 Å². The third kappa shape index (κ3) is 12.2. The van der Waals surface area contributed by atoms with Crippen molar-refractivity contribution in [1.29, 1.82) is 0 Å². The zero-order valence-electron chi connectivity index (χ0n) is 60.6. The van der Waals surface area contributed by atoms with Crippen LogP contribution in [0.2, 0.25) is 29.2 Å². The first-order chi connectivity index (χ1) is 53.7. The van der Waals surface area contributed by atoms with Crippen LogP contribution in [-0.4, -0.2) is 150 Å². The monoisotopic (exact) mass is 1560 g/mol. The summed E-state index contributed by atoms with van der Waals surface area (Å²) in [5, 5.41) is 15.7. The molecule has 3 saturated heterocycles. The molecule has 0 bridgehead atoms. The van der Waals surface area contributed by atoms with Gasteiger partial charge in [0.15, 0.2) is 23.2 Å². The van der Waals surface area contributed by atoms with E-state index >= 15 is 8.78 Å². The highest BCUT2D eigenvalue weighted by Crippen LogP contribution is 2.55. The fraction of sp³-hybridized carbons (Fsp3) is 0.256. The molecule has 2 aliphatic carbocycles. The smallest absolute Gasteiger partial charge is 0.339 e. The number of hydrogen-bond acceptors (Lipinski definition) is 14. The molecule has 30 heteroatoms. The van der Waals surface area contributed by atoms with Crippen LogP contribution in [0, 0.1) is 11.6 Å². The van der Waals surface area contributed by atoms with Crippen molar-refractivity contribution >= 4 is 135 Å². The number of nitrogens with two attached hydrogens (primary N) is 1. The van der Waals surface area contributed by atoms with Crippen LogP contribution < -0.4 is 31.9 Å². The van der Waals surface area contributed by atoms with Gasteiger partial charge in [0, 0.05) is 142 Å². The van der Waals surface area contributed by atoms with Gasteiger partial charge in [-0.25, -0.2) is 38.4 Å². The quantitative estimate of drug-likeness (QED) is 0.0341. The molecule has 8 aliphatic rings. The molecule has 566 valence electrons. The van der Waals surface area contributed by atoms with Gasteiger partial charge in [0.2, 0.25) is 23.5 Å². The van der Waals surface area contributed by atoms with Crippen molar-refractivity contribution in [2.75, 3.05) is 41.3 Å². The number of carbonyl (C=O) groups is 11. The molecule has 10 aromatic rings. The van der Waals surface area contributed by atoms with Crippen molar-refractivity contribution in [3.05, 3.63) is 230 Å². The van der Waals surface area contributed by atoms with Gasteiger partial charge in [-0.1, -0.05) is 103 Å². The third-order valence-electron chi connectivity index (χ3n) is 23.0. The van der Waals surface area contributed by atoms with Crippen molar-refractivity contribution in [2.24, 2.45) is 5.73 Å². The van der Waals surface area contributed by atoms with Crippen LogP contribution in [0.5, 0.6) is 0 Å². The number of nitrogens with zero attached hydrogens (tertiary/aromatic N) is 9. The second-order valence-corrected chi connectivity index (χ2v) is 36.2. The number of rotatable bonds is 16.